The molecule has 118 valence electrons. The lowest BCUT2D eigenvalue weighted by atomic mass is 10.1. The average Bonchev–Trinajstić information content (AvgIpc) is 2.53. The third-order valence-corrected chi connectivity index (χ3v) is 4.82. The first kappa shape index (κ1) is 18.2. The predicted molar refractivity (Wildman–Crippen MR) is 84.3 cm³/mol. The van der Waals surface area contributed by atoms with Gasteiger partial charge in [0.2, 0.25) is 10.0 Å². The van der Waals surface area contributed by atoms with Gasteiger partial charge in [0.15, 0.2) is 0 Å². The van der Waals surface area contributed by atoms with Gasteiger partial charge in [-0.25, -0.2) is 13.1 Å². The minimum absolute atomic E-state index is 0.0361. The third-order valence-electron chi connectivity index (χ3n) is 3.30. The summed E-state index contributed by atoms with van der Waals surface area (Å²) in [7, 11) is -3.62. The highest BCUT2D eigenvalue weighted by molar-refractivity contribution is 7.89. The number of rotatable bonds is 10. The second-order valence-electron chi connectivity index (χ2n) is 5.04. The van der Waals surface area contributed by atoms with Crippen molar-refractivity contribution in [2.24, 2.45) is 0 Å². The molecule has 0 saturated carbocycles. The van der Waals surface area contributed by atoms with E-state index in [0.717, 1.165) is 38.5 Å². The van der Waals surface area contributed by atoms with Crippen LogP contribution in [0.25, 0.3) is 0 Å². The lowest BCUT2D eigenvalue weighted by Crippen LogP contribution is -2.25. The summed E-state index contributed by atoms with van der Waals surface area (Å²) < 4.78 is 26.8. The predicted octanol–water partition coefficient (Wildman–Crippen LogP) is 3.09. The second kappa shape index (κ2) is 9.94. The summed E-state index contributed by atoms with van der Waals surface area (Å²) in [4.78, 5) is 0.0361. The van der Waals surface area contributed by atoms with Gasteiger partial charge in [-0.2, -0.15) is 10.5 Å². The van der Waals surface area contributed by atoms with Gasteiger partial charge in [-0.3, -0.25) is 0 Å². The lowest BCUT2D eigenvalue weighted by Gasteiger charge is -2.08. The van der Waals surface area contributed by atoms with E-state index in [2.05, 4.69) is 10.8 Å². The van der Waals surface area contributed by atoms with Gasteiger partial charge >= 0.3 is 0 Å². The first-order valence-corrected chi connectivity index (χ1v) is 8.96. The van der Waals surface area contributed by atoms with Crippen LogP contribution in [-0.2, 0) is 10.0 Å². The summed E-state index contributed by atoms with van der Waals surface area (Å²) in [5.41, 5.74) is 0.160. The Balaban J connectivity index is 2.30. The Morgan fingerprint density at radius 1 is 0.955 bits per heavy atom. The normalized spacial score (nSPS) is 10.8. The number of hydrogen-bond acceptors (Lipinski definition) is 4. The van der Waals surface area contributed by atoms with Crippen molar-refractivity contribution >= 4 is 10.0 Å². The molecule has 1 rings (SSSR count). The number of benzene rings is 1. The standard InChI is InChI=1S/C16H21N3O2S/c17-12-8-4-2-1-3-5-9-13-19-22(20,21)16-11-7-6-10-15(16)14-18/h6-7,10-11,19H,1-5,8-9,13H2. The highest BCUT2D eigenvalue weighted by Crippen LogP contribution is 2.14. The van der Waals surface area contributed by atoms with Crippen LogP contribution < -0.4 is 4.72 Å². The minimum Gasteiger partial charge on any atom is -0.211 e. The number of nitrogens with one attached hydrogen (secondary N) is 1. The molecule has 22 heavy (non-hydrogen) atoms. The largest absolute Gasteiger partial charge is 0.241 e. The van der Waals surface area contributed by atoms with Crippen molar-refractivity contribution in [3.8, 4) is 12.1 Å². The molecule has 1 aromatic rings. The monoisotopic (exact) mass is 319 g/mol. The van der Waals surface area contributed by atoms with E-state index in [0.29, 0.717) is 13.0 Å². The van der Waals surface area contributed by atoms with Crippen LogP contribution in [0.2, 0.25) is 0 Å². The quantitative estimate of drug-likeness (QED) is 0.670. The van der Waals surface area contributed by atoms with Crippen molar-refractivity contribution in [2.75, 3.05) is 6.54 Å². The molecule has 0 aliphatic rings. The van der Waals surface area contributed by atoms with Crippen molar-refractivity contribution in [1.82, 2.24) is 4.72 Å². The molecule has 0 spiro atoms. The van der Waals surface area contributed by atoms with E-state index >= 15 is 0 Å². The van der Waals surface area contributed by atoms with Crippen molar-refractivity contribution in [3.63, 3.8) is 0 Å². The lowest BCUT2D eigenvalue weighted by molar-refractivity contribution is 0.565. The maximum absolute atomic E-state index is 12.1. The Hall–Kier alpha value is -1.89. The van der Waals surface area contributed by atoms with Crippen LogP contribution in [0.15, 0.2) is 29.2 Å². The fourth-order valence-corrected chi connectivity index (χ4v) is 3.34. The Bertz CT molecular complexity index is 642. The first-order chi connectivity index (χ1) is 10.6. The SMILES string of the molecule is N#CCCCCCCCCNS(=O)(=O)c1ccccc1C#N. The van der Waals surface area contributed by atoms with E-state index in [1.54, 1.807) is 12.1 Å². The van der Waals surface area contributed by atoms with Crippen LogP contribution >= 0.6 is 0 Å². The van der Waals surface area contributed by atoms with Crippen molar-refractivity contribution in [3.05, 3.63) is 29.8 Å². The van der Waals surface area contributed by atoms with E-state index in [1.165, 1.54) is 12.1 Å². The van der Waals surface area contributed by atoms with E-state index in [-0.39, 0.29) is 10.5 Å². The molecule has 0 unspecified atom stereocenters. The third kappa shape index (κ3) is 6.26. The van der Waals surface area contributed by atoms with Crippen molar-refractivity contribution in [1.29, 1.82) is 10.5 Å². The Labute approximate surface area is 132 Å². The second-order valence-corrected chi connectivity index (χ2v) is 6.77. The van der Waals surface area contributed by atoms with Gasteiger partial charge in [-0.05, 0) is 25.0 Å². The Morgan fingerprint density at radius 3 is 2.27 bits per heavy atom. The van der Waals surface area contributed by atoms with Crippen LogP contribution in [0.4, 0.5) is 0 Å². The molecular weight excluding hydrogens is 298 g/mol. The Morgan fingerprint density at radius 2 is 1.59 bits per heavy atom. The van der Waals surface area contributed by atoms with E-state index in [1.807, 2.05) is 6.07 Å². The van der Waals surface area contributed by atoms with Crippen LogP contribution in [0.5, 0.6) is 0 Å². The van der Waals surface area contributed by atoms with Crippen LogP contribution in [-0.4, -0.2) is 15.0 Å². The molecule has 0 fully saturated rings. The number of unbranched alkanes of at least 4 members (excludes halogenated alkanes) is 6. The summed E-state index contributed by atoms with van der Waals surface area (Å²) in [6, 6.07) is 10.2. The molecule has 0 aromatic heterocycles. The summed E-state index contributed by atoms with van der Waals surface area (Å²) in [5, 5.41) is 17.4. The van der Waals surface area contributed by atoms with E-state index in [4.69, 9.17) is 10.5 Å². The summed E-state index contributed by atoms with van der Waals surface area (Å²) >= 11 is 0. The zero-order valence-electron chi connectivity index (χ0n) is 12.6. The van der Waals surface area contributed by atoms with E-state index < -0.39 is 10.0 Å². The number of nitrogens with zero attached hydrogens (tertiary/aromatic N) is 2. The van der Waals surface area contributed by atoms with Crippen LogP contribution in [0.3, 0.4) is 0 Å². The fourth-order valence-electron chi connectivity index (χ4n) is 2.11. The molecule has 1 N–H and O–H groups in total. The van der Waals surface area contributed by atoms with Gasteiger partial charge in [0.05, 0.1) is 16.5 Å². The van der Waals surface area contributed by atoms with Crippen molar-refractivity contribution < 1.29 is 8.42 Å². The van der Waals surface area contributed by atoms with E-state index in [9.17, 15) is 8.42 Å². The number of hydrogen-bond donors (Lipinski definition) is 1. The average molecular weight is 319 g/mol. The zero-order chi connectivity index (χ0) is 16.3. The molecule has 0 saturated heterocycles. The fraction of sp³-hybridized carbons (Fsp3) is 0.500. The molecular formula is C16H21N3O2S. The highest BCUT2D eigenvalue weighted by atomic mass is 32.2. The van der Waals surface area contributed by atoms with Gasteiger partial charge in [-0.15, -0.1) is 0 Å². The van der Waals surface area contributed by atoms with Crippen LogP contribution in [0, 0.1) is 22.7 Å². The number of sulfonamides is 1. The van der Waals surface area contributed by atoms with Gasteiger partial charge in [0, 0.05) is 13.0 Å². The van der Waals surface area contributed by atoms with Crippen LogP contribution in [0.1, 0.15) is 50.5 Å². The van der Waals surface area contributed by atoms with Crippen molar-refractivity contribution in [2.45, 2.75) is 49.8 Å². The molecule has 0 radical (unpaired) electrons. The summed E-state index contributed by atoms with van der Waals surface area (Å²) in [5.74, 6) is 0. The minimum atomic E-state index is -3.62. The van der Waals surface area contributed by atoms with Gasteiger partial charge in [0.1, 0.15) is 6.07 Å². The molecule has 0 amide bonds. The van der Waals surface area contributed by atoms with Gasteiger partial charge < -0.3 is 0 Å². The molecule has 1 aromatic carbocycles. The number of nitriles is 2. The highest BCUT2D eigenvalue weighted by Gasteiger charge is 2.17. The zero-order valence-corrected chi connectivity index (χ0v) is 13.4. The Kier molecular flexibility index (Phi) is 8.21. The summed E-state index contributed by atoms with van der Waals surface area (Å²) in [6.07, 6.45) is 6.44. The molecule has 0 aliphatic carbocycles. The molecule has 0 atom stereocenters. The van der Waals surface area contributed by atoms with Gasteiger partial charge in [-0.1, -0.05) is 37.8 Å². The van der Waals surface area contributed by atoms with Gasteiger partial charge in [0.25, 0.3) is 0 Å². The smallest absolute Gasteiger partial charge is 0.211 e. The molecule has 6 heteroatoms. The maximum Gasteiger partial charge on any atom is 0.241 e. The molecule has 0 heterocycles. The molecule has 5 nitrogen and oxygen atoms in total. The summed E-state index contributed by atoms with van der Waals surface area (Å²) in [6.45, 7) is 0.375. The first-order valence-electron chi connectivity index (χ1n) is 7.47. The topological polar surface area (TPSA) is 93.8 Å². The maximum atomic E-state index is 12.1. The molecule has 0 bridgehead atoms. The molecule has 0 aliphatic heterocycles.